The summed E-state index contributed by atoms with van der Waals surface area (Å²) >= 11 is 1.69. The first-order valence-corrected chi connectivity index (χ1v) is 8.25. The lowest BCUT2D eigenvalue weighted by Crippen LogP contribution is -2.41. The summed E-state index contributed by atoms with van der Waals surface area (Å²) < 4.78 is 0. The van der Waals surface area contributed by atoms with Crippen LogP contribution in [-0.4, -0.2) is 18.1 Å². The van der Waals surface area contributed by atoms with Crippen molar-refractivity contribution in [2.45, 2.75) is 12.7 Å². The zero-order chi connectivity index (χ0) is 15.9. The van der Waals surface area contributed by atoms with Gasteiger partial charge in [0.25, 0.3) is 11.8 Å². The zero-order valence-electron chi connectivity index (χ0n) is 12.6. The molecule has 0 aliphatic rings. The number of hydrogen-bond donors (Lipinski definition) is 2. The predicted molar refractivity (Wildman–Crippen MR) is 89.8 cm³/mol. The maximum atomic E-state index is 12.1. The van der Waals surface area contributed by atoms with Gasteiger partial charge in [0, 0.05) is 16.9 Å². The van der Waals surface area contributed by atoms with Gasteiger partial charge in [0.1, 0.15) is 0 Å². The van der Waals surface area contributed by atoms with E-state index in [0.717, 1.165) is 16.9 Å². The Balaban J connectivity index is 1.96. The molecular weight excluding hydrogens is 296 g/mol. The number of rotatable bonds is 4. The molecule has 2 amide bonds. The third-order valence-corrected chi connectivity index (χ3v) is 3.73. The zero-order valence-corrected chi connectivity index (χ0v) is 13.4. The molecule has 0 aliphatic heterocycles. The summed E-state index contributed by atoms with van der Waals surface area (Å²) in [5.41, 5.74) is 8.04. The SMILES string of the molecule is CSCc1cccc(C(=O)NNC(=O)c2ccc(C)cc2)c1. The van der Waals surface area contributed by atoms with Crippen LogP contribution in [0, 0.1) is 6.92 Å². The second-order valence-electron chi connectivity index (χ2n) is 4.91. The third kappa shape index (κ3) is 4.36. The fourth-order valence-corrected chi connectivity index (χ4v) is 2.44. The lowest BCUT2D eigenvalue weighted by molar-refractivity contribution is 0.0846. The van der Waals surface area contributed by atoms with Crippen molar-refractivity contribution in [2.75, 3.05) is 6.26 Å². The monoisotopic (exact) mass is 314 g/mol. The smallest absolute Gasteiger partial charge is 0.267 e. The molecule has 0 spiro atoms. The number of amides is 2. The van der Waals surface area contributed by atoms with Crippen LogP contribution < -0.4 is 10.9 Å². The summed E-state index contributed by atoms with van der Waals surface area (Å²) in [6.07, 6.45) is 2.01. The normalized spacial score (nSPS) is 10.1. The lowest BCUT2D eigenvalue weighted by atomic mass is 10.1. The van der Waals surface area contributed by atoms with E-state index >= 15 is 0 Å². The number of nitrogens with one attached hydrogen (secondary N) is 2. The van der Waals surface area contributed by atoms with E-state index in [1.54, 1.807) is 30.0 Å². The Labute approximate surface area is 134 Å². The summed E-state index contributed by atoms with van der Waals surface area (Å²) in [4.78, 5) is 24.0. The van der Waals surface area contributed by atoms with Gasteiger partial charge < -0.3 is 0 Å². The summed E-state index contributed by atoms with van der Waals surface area (Å²) in [6, 6.07) is 14.5. The number of aryl methyl sites for hydroxylation is 1. The van der Waals surface area contributed by atoms with Crippen LogP contribution in [-0.2, 0) is 5.75 Å². The lowest BCUT2D eigenvalue weighted by Gasteiger charge is -2.08. The standard InChI is InChI=1S/C17H18N2O2S/c1-12-6-8-14(9-7-12)16(20)18-19-17(21)15-5-3-4-13(10-15)11-22-2/h3-10H,11H2,1-2H3,(H,18,20)(H,19,21). The van der Waals surface area contributed by atoms with Crippen LogP contribution in [0.1, 0.15) is 31.8 Å². The van der Waals surface area contributed by atoms with E-state index in [1.807, 2.05) is 43.5 Å². The highest BCUT2D eigenvalue weighted by Crippen LogP contribution is 2.11. The van der Waals surface area contributed by atoms with E-state index in [1.165, 1.54) is 0 Å². The highest BCUT2D eigenvalue weighted by Gasteiger charge is 2.09. The quantitative estimate of drug-likeness (QED) is 0.853. The van der Waals surface area contributed by atoms with Gasteiger partial charge in [0.2, 0.25) is 0 Å². The first kappa shape index (κ1) is 16.1. The molecule has 0 bridgehead atoms. The molecular formula is C17H18N2O2S. The fraction of sp³-hybridized carbons (Fsp3) is 0.176. The van der Waals surface area contributed by atoms with Gasteiger partial charge in [-0.05, 0) is 43.0 Å². The average molecular weight is 314 g/mol. The molecule has 114 valence electrons. The number of thioether (sulfide) groups is 1. The van der Waals surface area contributed by atoms with Gasteiger partial charge in [-0.25, -0.2) is 0 Å². The molecule has 2 aromatic carbocycles. The van der Waals surface area contributed by atoms with Gasteiger partial charge in [0.05, 0.1) is 0 Å². The minimum Gasteiger partial charge on any atom is -0.267 e. The second kappa shape index (κ2) is 7.66. The van der Waals surface area contributed by atoms with Crippen molar-refractivity contribution < 1.29 is 9.59 Å². The summed E-state index contributed by atoms with van der Waals surface area (Å²) in [7, 11) is 0. The molecule has 0 saturated carbocycles. The van der Waals surface area contributed by atoms with Gasteiger partial charge in [-0.2, -0.15) is 11.8 Å². The number of hydrazine groups is 1. The molecule has 0 heterocycles. The molecule has 0 aromatic heterocycles. The van der Waals surface area contributed by atoms with Crippen molar-refractivity contribution in [3.05, 3.63) is 70.8 Å². The van der Waals surface area contributed by atoms with Gasteiger partial charge in [-0.15, -0.1) is 0 Å². The highest BCUT2D eigenvalue weighted by molar-refractivity contribution is 7.97. The highest BCUT2D eigenvalue weighted by atomic mass is 32.2. The van der Waals surface area contributed by atoms with Gasteiger partial charge in [0.15, 0.2) is 0 Å². The maximum absolute atomic E-state index is 12.1. The van der Waals surface area contributed by atoms with E-state index in [-0.39, 0.29) is 11.8 Å². The van der Waals surface area contributed by atoms with Gasteiger partial charge >= 0.3 is 0 Å². The molecule has 0 unspecified atom stereocenters. The first-order valence-electron chi connectivity index (χ1n) is 6.85. The van der Waals surface area contributed by atoms with Crippen LogP contribution in [0.2, 0.25) is 0 Å². The Morgan fingerprint density at radius 1 is 0.955 bits per heavy atom. The van der Waals surface area contributed by atoms with Crippen LogP contribution in [0.3, 0.4) is 0 Å². The Kier molecular flexibility index (Phi) is 5.61. The van der Waals surface area contributed by atoms with E-state index in [4.69, 9.17) is 0 Å². The topological polar surface area (TPSA) is 58.2 Å². The van der Waals surface area contributed by atoms with Crippen molar-refractivity contribution in [2.24, 2.45) is 0 Å². The number of hydrogen-bond acceptors (Lipinski definition) is 3. The van der Waals surface area contributed by atoms with E-state index < -0.39 is 0 Å². The molecule has 2 N–H and O–H groups in total. The predicted octanol–water partition coefficient (Wildman–Crippen LogP) is 2.93. The van der Waals surface area contributed by atoms with Crippen LogP contribution in [0.25, 0.3) is 0 Å². The Morgan fingerprint density at radius 3 is 2.23 bits per heavy atom. The molecule has 0 radical (unpaired) electrons. The molecule has 0 saturated heterocycles. The number of benzene rings is 2. The number of carbonyl (C=O) groups is 2. The van der Waals surface area contributed by atoms with E-state index in [9.17, 15) is 9.59 Å². The Hall–Kier alpha value is -2.27. The minimum atomic E-state index is -0.339. The second-order valence-corrected chi connectivity index (χ2v) is 5.77. The summed E-state index contributed by atoms with van der Waals surface area (Å²) in [5, 5.41) is 0. The first-order chi connectivity index (χ1) is 10.6. The summed E-state index contributed by atoms with van der Waals surface area (Å²) in [6.45, 7) is 1.95. The molecule has 0 aliphatic carbocycles. The minimum absolute atomic E-state index is 0.330. The maximum Gasteiger partial charge on any atom is 0.269 e. The summed E-state index contributed by atoms with van der Waals surface area (Å²) in [5.74, 6) is 0.175. The van der Waals surface area contributed by atoms with Crippen molar-refractivity contribution >= 4 is 23.6 Å². The van der Waals surface area contributed by atoms with Gasteiger partial charge in [-0.1, -0.05) is 29.8 Å². The molecule has 2 rings (SSSR count). The van der Waals surface area contributed by atoms with Crippen molar-refractivity contribution in [1.29, 1.82) is 0 Å². The molecule has 4 nitrogen and oxygen atoms in total. The molecule has 22 heavy (non-hydrogen) atoms. The van der Waals surface area contributed by atoms with E-state index in [0.29, 0.717) is 11.1 Å². The number of carbonyl (C=O) groups excluding carboxylic acids is 2. The Morgan fingerprint density at radius 2 is 1.59 bits per heavy atom. The molecule has 0 fully saturated rings. The van der Waals surface area contributed by atoms with Crippen molar-refractivity contribution in [3.8, 4) is 0 Å². The fourth-order valence-electron chi connectivity index (χ4n) is 1.93. The van der Waals surface area contributed by atoms with Crippen LogP contribution in [0.4, 0.5) is 0 Å². The largest absolute Gasteiger partial charge is 0.269 e. The van der Waals surface area contributed by atoms with Crippen molar-refractivity contribution in [3.63, 3.8) is 0 Å². The third-order valence-electron chi connectivity index (χ3n) is 3.10. The molecule has 2 aromatic rings. The van der Waals surface area contributed by atoms with Crippen LogP contribution in [0.5, 0.6) is 0 Å². The van der Waals surface area contributed by atoms with Crippen LogP contribution in [0.15, 0.2) is 48.5 Å². The van der Waals surface area contributed by atoms with E-state index in [2.05, 4.69) is 10.9 Å². The molecule has 0 atom stereocenters. The Bertz CT molecular complexity index is 669. The van der Waals surface area contributed by atoms with Crippen molar-refractivity contribution in [1.82, 2.24) is 10.9 Å². The van der Waals surface area contributed by atoms with Gasteiger partial charge in [-0.3, -0.25) is 20.4 Å². The molecule has 5 heteroatoms. The van der Waals surface area contributed by atoms with Crippen LogP contribution >= 0.6 is 11.8 Å². The average Bonchev–Trinajstić information content (AvgIpc) is 2.53.